The lowest BCUT2D eigenvalue weighted by atomic mass is 10.0. The van der Waals surface area contributed by atoms with Crippen LogP contribution in [0, 0.1) is 12.7 Å². The lowest BCUT2D eigenvalue weighted by molar-refractivity contribution is 0.0635. The molecule has 7 heteroatoms. The third-order valence-corrected chi connectivity index (χ3v) is 4.85. The van der Waals surface area contributed by atoms with Gasteiger partial charge in [-0.15, -0.1) is 0 Å². The molecule has 1 amide bonds. The summed E-state index contributed by atoms with van der Waals surface area (Å²) in [6.07, 6.45) is 0.602. The Bertz CT molecular complexity index is 955. The average Bonchev–Trinajstić information content (AvgIpc) is 3.09. The fraction of sp³-hybridized carbons (Fsp3) is 0.273. The first-order valence-electron chi connectivity index (χ1n) is 9.34. The van der Waals surface area contributed by atoms with Gasteiger partial charge in [-0.25, -0.2) is 4.39 Å². The van der Waals surface area contributed by atoms with Crippen molar-refractivity contribution in [3.05, 3.63) is 76.3 Å². The lowest BCUT2D eigenvalue weighted by Gasteiger charge is -2.13. The van der Waals surface area contributed by atoms with Gasteiger partial charge in [-0.2, -0.15) is 0 Å². The van der Waals surface area contributed by atoms with Gasteiger partial charge in [0, 0.05) is 13.2 Å². The molecule has 2 aromatic carbocycles. The predicted molar refractivity (Wildman–Crippen MR) is 109 cm³/mol. The molecule has 1 aromatic heterocycles. The number of ether oxygens (including phenoxy) is 1. The van der Waals surface area contributed by atoms with Gasteiger partial charge in [0.25, 0.3) is 5.91 Å². The van der Waals surface area contributed by atoms with E-state index in [9.17, 15) is 9.18 Å². The summed E-state index contributed by atoms with van der Waals surface area (Å²) in [5, 5.41) is 6.81. The minimum atomic E-state index is -0.567. The van der Waals surface area contributed by atoms with Gasteiger partial charge in [0.05, 0.1) is 16.7 Å². The molecule has 0 bridgehead atoms. The zero-order chi connectivity index (χ0) is 20.8. The van der Waals surface area contributed by atoms with E-state index in [1.165, 1.54) is 18.2 Å². The normalized spacial score (nSPS) is 12.0. The number of rotatable bonds is 8. The molecule has 0 aliphatic carbocycles. The Morgan fingerprint density at radius 3 is 2.72 bits per heavy atom. The van der Waals surface area contributed by atoms with E-state index in [0.29, 0.717) is 25.3 Å². The Balaban J connectivity index is 1.57. The van der Waals surface area contributed by atoms with Gasteiger partial charge < -0.3 is 14.6 Å². The van der Waals surface area contributed by atoms with E-state index in [0.717, 1.165) is 5.56 Å². The van der Waals surface area contributed by atoms with Crippen molar-refractivity contribution < 1.29 is 18.4 Å². The summed E-state index contributed by atoms with van der Waals surface area (Å²) in [6, 6.07) is 14.2. The van der Waals surface area contributed by atoms with Crippen molar-refractivity contribution in [3.8, 4) is 11.3 Å². The van der Waals surface area contributed by atoms with E-state index in [4.69, 9.17) is 20.9 Å². The van der Waals surface area contributed by atoms with Gasteiger partial charge in [0.1, 0.15) is 22.8 Å². The molecule has 152 valence electrons. The zero-order valence-electron chi connectivity index (χ0n) is 16.2. The summed E-state index contributed by atoms with van der Waals surface area (Å²) in [5.41, 5.74) is 1.42. The Labute approximate surface area is 173 Å². The third kappa shape index (κ3) is 5.02. The number of hydrogen-bond donors (Lipinski definition) is 1. The topological polar surface area (TPSA) is 64.4 Å². The first-order valence-corrected chi connectivity index (χ1v) is 9.72. The number of amides is 1. The van der Waals surface area contributed by atoms with Gasteiger partial charge in [-0.1, -0.05) is 53.2 Å². The molecule has 1 heterocycles. The molecule has 0 aliphatic heterocycles. The summed E-state index contributed by atoms with van der Waals surface area (Å²) in [5.74, 6) is -0.664. The average molecular weight is 417 g/mol. The van der Waals surface area contributed by atoms with Crippen LogP contribution in [0.15, 0.2) is 53.1 Å². The molecule has 0 radical (unpaired) electrons. The molecule has 3 rings (SSSR count). The van der Waals surface area contributed by atoms with Crippen molar-refractivity contribution in [3.63, 3.8) is 0 Å². The van der Waals surface area contributed by atoms with Gasteiger partial charge in [-0.3, -0.25) is 4.79 Å². The molecule has 1 atom stereocenters. The molecule has 3 aromatic rings. The van der Waals surface area contributed by atoms with Crippen LogP contribution in [0.5, 0.6) is 0 Å². The number of nitrogens with one attached hydrogen (secondary N) is 1. The first-order chi connectivity index (χ1) is 14.0. The molecule has 0 aliphatic rings. The van der Waals surface area contributed by atoms with Crippen LogP contribution in [0.25, 0.3) is 11.3 Å². The smallest absolute Gasteiger partial charge is 0.257 e. The molecule has 0 saturated heterocycles. The van der Waals surface area contributed by atoms with E-state index in [1.54, 1.807) is 6.92 Å². The molecule has 1 N–H and O–H groups in total. The highest BCUT2D eigenvalue weighted by Crippen LogP contribution is 2.33. The van der Waals surface area contributed by atoms with Crippen molar-refractivity contribution in [1.29, 1.82) is 0 Å². The van der Waals surface area contributed by atoms with E-state index in [-0.39, 0.29) is 27.9 Å². The highest BCUT2D eigenvalue weighted by atomic mass is 35.5. The standard InChI is InChI=1S/C22H22ClFN2O3/c1-14(16-8-4-3-5-9-16)28-13-7-12-25-22(27)19-15(2)29-26-21(19)20-17(23)10-6-11-18(20)24/h3-6,8-11,14H,7,12-13H2,1-2H3,(H,25,27). The predicted octanol–water partition coefficient (Wildman–Crippen LogP) is 5.34. The number of benzene rings is 2. The largest absolute Gasteiger partial charge is 0.374 e. The monoisotopic (exact) mass is 416 g/mol. The molecule has 0 fully saturated rings. The van der Waals surface area contributed by atoms with Crippen molar-refractivity contribution in [2.45, 2.75) is 26.4 Å². The summed E-state index contributed by atoms with van der Waals surface area (Å²) < 4.78 is 25.2. The summed E-state index contributed by atoms with van der Waals surface area (Å²) in [7, 11) is 0. The number of aryl methyl sites for hydroxylation is 1. The maximum Gasteiger partial charge on any atom is 0.257 e. The van der Waals surface area contributed by atoms with Crippen LogP contribution >= 0.6 is 11.6 Å². The second-order valence-electron chi connectivity index (χ2n) is 6.59. The van der Waals surface area contributed by atoms with E-state index < -0.39 is 11.7 Å². The van der Waals surface area contributed by atoms with Gasteiger partial charge in [-0.05, 0) is 38.0 Å². The summed E-state index contributed by atoms with van der Waals surface area (Å²) in [4.78, 5) is 12.6. The SMILES string of the molecule is Cc1onc(-c2c(F)cccc2Cl)c1C(=O)NCCCOC(C)c1ccccc1. The lowest BCUT2D eigenvalue weighted by Crippen LogP contribution is -2.26. The summed E-state index contributed by atoms with van der Waals surface area (Å²) >= 11 is 6.11. The van der Waals surface area contributed by atoms with E-state index in [1.807, 2.05) is 37.3 Å². The highest BCUT2D eigenvalue weighted by molar-refractivity contribution is 6.33. The Kier molecular flexibility index (Phi) is 7.01. The van der Waals surface area contributed by atoms with Gasteiger partial charge in [0.2, 0.25) is 0 Å². The van der Waals surface area contributed by atoms with Crippen LogP contribution < -0.4 is 5.32 Å². The molecule has 29 heavy (non-hydrogen) atoms. The minimum absolute atomic E-state index is 0.0259. The quantitative estimate of drug-likeness (QED) is 0.503. The number of carbonyl (C=O) groups excluding carboxylic acids is 1. The Hall–Kier alpha value is -2.70. The van der Waals surface area contributed by atoms with Gasteiger partial charge >= 0.3 is 0 Å². The second kappa shape index (κ2) is 9.67. The fourth-order valence-corrected chi connectivity index (χ4v) is 3.23. The van der Waals surface area contributed by atoms with Crippen LogP contribution in [-0.2, 0) is 4.74 Å². The number of hydrogen-bond acceptors (Lipinski definition) is 4. The molecular weight excluding hydrogens is 395 g/mol. The second-order valence-corrected chi connectivity index (χ2v) is 7.00. The van der Waals surface area contributed by atoms with Crippen molar-refractivity contribution in [1.82, 2.24) is 10.5 Å². The minimum Gasteiger partial charge on any atom is -0.374 e. The van der Waals surface area contributed by atoms with Gasteiger partial charge in [0.15, 0.2) is 0 Å². The molecule has 0 spiro atoms. The van der Waals surface area contributed by atoms with Crippen LogP contribution in [-0.4, -0.2) is 24.2 Å². The van der Waals surface area contributed by atoms with Crippen molar-refractivity contribution in [2.24, 2.45) is 0 Å². The Morgan fingerprint density at radius 1 is 1.24 bits per heavy atom. The third-order valence-electron chi connectivity index (χ3n) is 4.53. The summed E-state index contributed by atoms with van der Waals surface area (Å²) in [6.45, 7) is 4.48. The number of carbonyl (C=O) groups is 1. The van der Waals surface area contributed by atoms with Crippen LogP contribution in [0.3, 0.4) is 0 Å². The number of nitrogens with zero attached hydrogens (tertiary/aromatic N) is 1. The van der Waals surface area contributed by atoms with Crippen molar-refractivity contribution >= 4 is 17.5 Å². The van der Waals surface area contributed by atoms with Crippen LogP contribution in [0.4, 0.5) is 4.39 Å². The van der Waals surface area contributed by atoms with Crippen molar-refractivity contribution in [2.75, 3.05) is 13.2 Å². The fourth-order valence-electron chi connectivity index (χ4n) is 2.98. The molecular formula is C22H22ClFN2O3. The number of halogens is 2. The molecule has 0 saturated carbocycles. The van der Waals surface area contributed by atoms with E-state index >= 15 is 0 Å². The van der Waals surface area contributed by atoms with E-state index in [2.05, 4.69) is 10.5 Å². The zero-order valence-corrected chi connectivity index (χ0v) is 17.0. The Morgan fingerprint density at radius 2 is 2.00 bits per heavy atom. The maximum atomic E-state index is 14.2. The van der Waals surface area contributed by atoms with Crippen LogP contribution in [0.2, 0.25) is 5.02 Å². The molecule has 1 unspecified atom stereocenters. The molecule has 5 nitrogen and oxygen atoms in total. The maximum absolute atomic E-state index is 14.2. The van der Waals surface area contributed by atoms with Crippen LogP contribution in [0.1, 0.15) is 41.1 Å². The highest BCUT2D eigenvalue weighted by Gasteiger charge is 2.25. The number of aromatic nitrogens is 1. The first kappa shape index (κ1) is 21.0.